The molecule has 0 saturated carbocycles. The Morgan fingerprint density at radius 3 is 1.66 bits per heavy atom. The molecule has 3 heterocycles. The van der Waals surface area contributed by atoms with Crippen molar-refractivity contribution in [1.29, 1.82) is 0 Å². The molecule has 7 rings (SSSR count). The minimum absolute atomic E-state index is 0.000220. The van der Waals surface area contributed by atoms with Gasteiger partial charge in [-0.25, -0.2) is 0 Å². The number of aromatic nitrogens is 1. The van der Waals surface area contributed by atoms with Gasteiger partial charge in [0.15, 0.2) is 5.96 Å². The van der Waals surface area contributed by atoms with Gasteiger partial charge in [-0.2, -0.15) is 0 Å². The van der Waals surface area contributed by atoms with Crippen molar-refractivity contribution in [3.05, 3.63) is 138 Å². The first-order valence-corrected chi connectivity index (χ1v) is 30.9. The maximum Gasteiger partial charge on any atom is 0.245 e. The molecular weight excluding hydrogens is 1200 g/mol. The van der Waals surface area contributed by atoms with Gasteiger partial charge >= 0.3 is 0 Å². The Morgan fingerprint density at radius 2 is 1.11 bits per heavy atom. The fraction of sp³-hybridized carbons (Fsp3) is 0.415. The van der Waals surface area contributed by atoms with E-state index in [0.717, 1.165) is 0 Å². The number of benzene rings is 4. The maximum atomic E-state index is 14.9. The zero-order chi connectivity index (χ0) is 67.1. The summed E-state index contributed by atoms with van der Waals surface area (Å²) >= 11 is 0. The zero-order valence-corrected chi connectivity index (χ0v) is 51.9. The summed E-state index contributed by atoms with van der Waals surface area (Å²) < 4.78 is 0. The molecule has 93 heavy (non-hydrogen) atoms. The zero-order valence-electron chi connectivity index (χ0n) is 51.9. The second kappa shape index (κ2) is 34.2. The topological polar surface area (TPSA) is 446 Å². The molecule has 496 valence electrons. The molecule has 0 bridgehead atoms. The van der Waals surface area contributed by atoms with Gasteiger partial charge in [0.2, 0.25) is 65.0 Å². The number of hydrogen-bond donors (Lipinski definition) is 15. The van der Waals surface area contributed by atoms with Crippen molar-refractivity contribution in [2.45, 2.75) is 139 Å². The number of nitrogens with two attached hydrogens (primary N) is 3. The number of amides is 11. The number of H-pyrrole nitrogens is 1. The van der Waals surface area contributed by atoms with Crippen molar-refractivity contribution < 1.29 is 63.0 Å². The summed E-state index contributed by atoms with van der Waals surface area (Å²) in [6, 6.07) is 18.3. The highest BCUT2D eigenvalue weighted by molar-refractivity contribution is 6.00. The standard InChI is InChI=1S/C65H83N15O13/c1-37(2)29-47(57(86)73-46(19-11-27-69-65(67)68)64(93)80-28-12-20-53(80)63(92)71-35-54(66)83)74-58(87)49(31-39-15-7-4-8-16-39)76-59(88)50(32-40-21-23-42(82)24-22-40)77-62(91)52(36-81)79-61(90)51(33-41-34-70-44-18-10-9-17-43(41)44)78-60(89)48(30-38-13-5-3-6-14-38)75-56(85)45-25-26-55(84)72-45/h3-10,13-18,21-24,34,37,45-53,70,81-82H,11-12,19-20,25-33,35-36H2,1-2H3,(H2,66,83)(H,71,92)(H,72,84)(H,73,86)(H,74,87)(H,75,85)(H,76,88)(H,77,91)(H,78,89)(H,79,90)(H4,67,68,69)/t45-,46-,47-,48+,49+,50-,51+,52-,53-/m0/s1. The second-order valence-electron chi connectivity index (χ2n) is 23.5. The number of carbonyl (C=O) groups is 11. The van der Waals surface area contributed by atoms with Crippen LogP contribution in [0.15, 0.2) is 120 Å². The minimum Gasteiger partial charge on any atom is -0.508 e. The molecule has 0 aliphatic carbocycles. The molecule has 5 aromatic rings. The molecule has 28 heteroatoms. The Labute approximate surface area is 537 Å². The van der Waals surface area contributed by atoms with Crippen LogP contribution in [0.5, 0.6) is 5.75 Å². The number of rotatable bonds is 33. The Bertz CT molecular complexity index is 3470. The Hall–Kier alpha value is -10.4. The molecule has 28 nitrogen and oxygen atoms in total. The number of aromatic hydroxyl groups is 1. The predicted molar refractivity (Wildman–Crippen MR) is 342 cm³/mol. The summed E-state index contributed by atoms with van der Waals surface area (Å²) in [5.41, 5.74) is 19.3. The van der Waals surface area contributed by atoms with Crippen LogP contribution in [0.25, 0.3) is 10.9 Å². The molecule has 0 radical (unpaired) electrons. The number of fused-ring (bicyclic) bond motifs is 1. The number of aromatic amines is 1. The number of likely N-dealkylation sites (tertiary alicyclic amines) is 1. The molecule has 11 amide bonds. The molecule has 2 aliphatic heterocycles. The number of nitrogens with zero attached hydrogens (tertiary/aromatic N) is 2. The molecule has 4 aromatic carbocycles. The molecule has 0 unspecified atom stereocenters. The Balaban J connectivity index is 1.13. The summed E-state index contributed by atoms with van der Waals surface area (Å²) in [6.45, 7) is 2.36. The van der Waals surface area contributed by atoms with Gasteiger partial charge in [0.1, 0.15) is 60.1 Å². The lowest BCUT2D eigenvalue weighted by Gasteiger charge is -2.30. The third-order valence-electron chi connectivity index (χ3n) is 15.9. The van der Waals surface area contributed by atoms with Gasteiger partial charge in [-0.15, -0.1) is 0 Å². The van der Waals surface area contributed by atoms with Gasteiger partial charge in [-0.1, -0.05) is 105 Å². The lowest BCUT2D eigenvalue weighted by molar-refractivity contribution is -0.142. The number of aliphatic imine (C=N–C) groups is 1. The predicted octanol–water partition coefficient (Wildman–Crippen LogP) is -1.50. The van der Waals surface area contributed by atoms with Crippen LogP contribution in [0.4, 0.5) is 0 Å². The van der Waals surface area contributed by atoms with Gasteiger partial charge in [0.25, 0.3) is 0 Å². The van der Waals surface area contributed by atoms with Crippen molar-refractivity contribution in [2.24, 2.45) is 28.1 Å². The van der Waals surface area contributed by atoms with Crippen LogP contribution in [-0.4, -0.2) is 172 Å². The van der Waals surface area contributed by atoms with Crippen molar-refractivity contribution in [1.82, 2.24) is 57.7 Å². The summed E-state index contributed by atoms with van der Waals surface area (Å²) in [7, 11) is 0. The van der Waals surface area contributed by atoms with Gasteiger partial charge < -0.3 is 85.1 Å². The monoisotopic (exact) mass is 1280 g/mol. The van der Waals surface area contributed by atoms with Crippen LogP contribution in [0, 0.1) is 5.92 Å². The number of primary amides is 1. The first kappa shape index (κ1) is 70.1. The average Bonchev–Trinajstić information content (AvgIpc) is 1.85. The Kier molecular flexibility index (Phi) is 25.7. The third-order valence-corrected chi connectivity index (χ3v) is 15.9. The van der Waals surface area contributed by atoms with E-state index in [1.54, 1.807) is 98.9 Å². The van der Waals surface area contributed by atoms with Crippen molar-refractivity contribution in [3.8, 4) is 5.75 Å². The van der Waals surface area contributed by atoms with Gasteiger partial charge in [-0.3, -0.25) is 57.7 Å². The van der Waals surface area contributed by atoms with Crippen LogP contribution in [0.2, 0.25) is 0 Å². The summed E-state index contributed by atoms with van der Waals surface area (Å²) in [5.74, 6) is -8.83. The lowest BCUT2D eigenvalue weighted by atomic mass is 9.99. The van der Waals surface area contributed by atoms with E-state index in [-0.39, 0.29) is 101 Å². The van der Waals surface area contributed by atoms with Gasteiger partial charge in [0.05, 0.1) is 13.2 Å². The highest BCUT2D eigenvalue weighted by Gasteiger charge is 2.40. The average molecular weight is 1280 g/mol. The highest BCUT2D eigenvalue weighted by atomic mass is 16.3. The summed E-state index contributed by atoms with van der Waals surface area (Å²) in [4.78, 5) is 161. The normalized spacial score (nSPS) is 16.6. The number of phenolic OH excluding ortho intramolecular Hbond substituents is 1. The van der Waals surface area contributed by atoms with E-state index in [1.165, 1.54) is 29.2 Å². The Morgan fingerprint density at radius 1 is 0.602 bits per heavy atom. The van der Waals surface area contributed by atoms with Gasteiger partial charge in [-0.05, 0) is 84.9 Å². The number of guanidine groups is 1. The fourth-order valence-electron chi connectivity index (χ4n) is 11.1. The van der Waals surface area contributed by atoms with E-state index < -0.39 is 127 Å². The van der Waals surface area contributed by atoms with E-state index in [9.17, 15) is 63.0 Å². The smallest absolute Gasteiger partial charge is 0.245 e. The molecule has 2 fully saturated rings. The molecule has 18 N–H and O–H groups in total. The van der Waals surface area contributed by atoms with Crippen LogP contribution < -0.4 is 65.1 Å². The summed E-state index contributed by atoms with van der Waals surface area (Å²) in [5, 5.41) is 45.8. The highest BCUT2D eigenvalue weighted by Crippen LogP contribution is 2.23. The molecule has 0 spiro atoms. The molecular formula is C65H83N15O13. The fourth-order valence-corrected chi connectivity index (χ4v) is 11.1. The largest absolute Gasteiger partial charge is 0.508 e. The maximum absolute atomic E-state index is 14.9. The third kappa shape index (κ3) is 21.1. The van der Waals surface area contributed by atoms with Crippen molar-refractivity contribution in [2.75, 3.05) is 26.2 Å². The quantitative estimate of drug-likeness (QED) is 0.0129. The van der Waals surface area contributed by atoms with Crippen LogP contribution in [0.3, 0.4) is 0 Å². The van der Waals surface area contributed by atoms with Crippen LogP contribution in [-0.2, 0) is 78.4 Å². The van der Waals surface area contributed by atoms with E-state index in [4.69, 9.17) is 17.2 Å². The second-order valence-corrected chi connectivity index (χ2v) is 23.5. The number of para-hydroxylation sites is 1. The molecule has 9 atom stereocenters. The van der Waals surface area contributed by atoms with Crippen molar-refractivity contribution >= 4 is 81.8 Å². The number of aliphatic hydroxyl groups excluding tert-OH is 1. The van der Waals surface area contributed by atoms with Crippen molar-refractivity contribution in [3.63, 3.8) is 0 Å². The van der Waals surface area contributed by atoms with Crippen LogP contribution >= 0.6 is 0 Å². The van der Waals surface area contributed by atoms with E-state index >= 15 is 0 Å². The van der Waals surface area contributed by atoms with Gasteiger partial charge in [0, 0.05) is 62.3 Å². The molecule has 2 saturated heterocycles. The summed E-state index contributed by atoms with van der Waals surface area (Å²) in [6.07, 6.45) is 2.30. The first-order valence-electron chi connectivity index (χ1n) is 30.9. The first-order chi connectivity index (χ1) is 44.5. The lowest BCUT2D eigenvalue weighted by Crippen LogP contribution is -2.61. The number of nitrogens with one attached hydrogen (secondary N) is 10. The number of phenols is 1. The number of aliphatic hydroxyl groups is 1. The number of carbonyl (C=O) groups excluding carboxylic acids is 11. The molecule has 2 aliphatic rings. The number of hydrogen-bond acceptors (Lipinski definition) is 14. The van der Waals surface area contributed by atoms with E-state index in [0.29, 0.717) is 39.6 Å². The SMILES string of the molecule is CC(C)C[C@H](NC(=O)[C@@H](Cc1ccccc1)NC(=O)[C@H](Cc1ccc(O)cc1)NC(=O)[C@H](CO)NC(=O)[C@@H](Cc1c[nH]c2ccccc12)NC(=O)[C@@H](Cc1ccccc1)NC(=O)[C@@H]1CCC(=O)N1)C(=O)N[C@@H](CCCN=C(N)N)C(=O)N1CCC[C@H]1C(=O)NCC(N)=O. The molecule has 1 aromatic heterocycles. The van der Waals surface area contributed by atoms with E-state index in [2.05, 4.69) is 57.8 Å². The van der Waals surface area contributed by atoms with Crippen LogP contribution in [0.1, 0.15) is 81.0 Å². The van der Waals surface area contributed by atoms with E-state index in [1.807, 2.05) is 6.07 Å². The minimum atomic E-state index is -1.78.